The van der Waals surface area contributed by atoms with E-state index in [1.165, 1.54) is 29.8 Å². The first kappa shape index (κ1) is 19.1. The Morgan fingerprint density at radius 2 is 1.52 bits per heavy atom. The monoisotopic (exact) mass is 376 g/mol. The maximum atomic E-state index is 10.8. The summed E-state index contributed by atoms with van der Waals surface area (Å²) in [5, 5.41) is 0. The van der Waals surface area contributed by atoms with Crippen LogP contribution >= 0.6 is 11.8 Å². The fourth-order valence-electron chi connectivity index (χ4n) is 3.06. The number of hydrogen-bond acceptors (Lipinski definition) is 3. The predicted octanol–water partition coefficient (Wildman–Crippen LogP) is 5.44. The second-order valence-corrected chi connectivity index (χ2v) is 7.34. The number of ether oxygens (including phenoxy) is 1. The van der Waals surface area contributed by atoms with Crippen molar-refractivity contribution in [3.63, 3.8) is 0 Å². The molecule has 0 bridgehead atoms. The lowest BCUT2D eigenvalue weighted by molar-refractivity contribution is -0.140. The van der Waals surface area contributed by atoms with Gasteiger partial charge in [0.1, 0.15) is 6.61 Å². The van der Waals surface area contributed by atoms with E-state index in [9.17, 15) is 4.79 Å². The molecule has 1 N–H and O–H groups in total. The topological polar surface area (TPSA) is 50.1 Å². The summed E-state index contributed by atoms with van der Waals surface area (Å²) in [4.78, 5) is 11.7. The average molecular weight is 377 g/mol. The highest BCUT2D eigenvalue weighted by molar-refractivity contribution is 7.99. The molecule has 4 heteroatoms. The average Bonchev–Trinajstić information content (AvgIpc) is 2.68. The lowest BCUT2D eigenvalue weighted by atomic mass is 9.85. The van der Waals surface area contributed by atoms with Crippen LogP contribution in [0.2, 0.25) is 0 Å². The second kappa shape index (κ2) is 9.28. The molecule has 0 aromatic heterocycles. The van der Waals surface area contributed by atoms with Gasteiger partial charge in [-0.05, 0) is 28.8 Å². The number of carbonyl (C=O) groups is 1. The fourth-order valence-corrected chi connectivity index (χ4v) is 3.82. The van der Waals surface area contributed by atoms with E-state index >= 15 is 0 Å². The van der Waals surface area contributed by atoms with Crippen molar-refractivity contribution in [1.82, 2.24) is 5.73 Å². The molecule has 0 heterocycles. The first-order chi connectivity index (χ1) is 13.1. The van der Waals surface area contributed by atoms with Crippen molar-refractivity contribution in [2.24, 2.45) is 0 Å². The van der Waals surface area contributed by atoms with Crippen LogP contribution in [-0.4, -0.2) is 18.3 Å². The Morgan fingerprint density at radius 3 is 2.04 bits per heavy atom. The zero-order valence-electron chi connectivity index (χ0n) is 15.2. The van der Waals surface area contributed by atoms with Gasteiger partial charge in [-0.2, -0.15) is 0 Å². The number of thioether (sulfide) groups is 1. The van der Waals surface area contributed by atoms with E-state index in [0.29, 0.717) is 18.0 Å². The molecule has 3 aromatic carbocycles. The third-order valence-electron chi connectivity index (χ3n) is 4.25. The van der Waals surface area contributed by atoms with Crippen molar-refractivity contribution in [3.8, 4) is 0 Å². The molecule has 0 spiro atoms. The molecule has 0 saturated heterocycles. The molecule has 0 unspecified atom stereocenters. The van der Waals surface area contributed by atoms with Crippen LogP contribution in [0.5, 0.6) is 0 Å². The van der Waals surface area contributed by atoms with E-state index in [2.05, 4.69) is 30.3 Å². The largest absolute Gasteiger partial charge is 0.465 e. The van der Waals surface area contributed by atoms with Gasteiger partial charge < -0.3 is 4.74 Å². The molecule has 0 fully saturated rings. The van der Waals surface area contributed by atoms with E-state index in [1.807, 2.05) is 48.5 Å². The summed E-state index contributed by atoms with van der Waals surface area (Å²) in [5.41, 5.74) is 12.4. The molecule has 3 nitrogen and oxygen atoms in total. The molecule has 0 aliphatic heterocycles. The van der Waals surface area contributed by atoms with Gasteiger partial charge in [-0.3, -0.25) is 10.5 Å². The van der Waals surface area contributed by atoms with Crippen molar-refractivity contribution in [1.29, 1.82) is 0 Å². The van der Waals surface area contributed by atoms with Gasteiger partial charge in [-0.15, -0.1) is 11.8 Å². The lowest BCUT2D eigenvalue weighted by Crippen LogP contribution is -2.04. The Morgan fingerprint density at radius 1 is 0.926 bits per heavy atom. The number of benzene rings is 3. The molecule has 0 aliphatic rings. The van der Waals surface area contributed by atoms with E-state index < -0.39 is 0 Å². The summed E-state index contributed by atoms with van der Waals surface area (Å²) < 4.78 is 4.96. The van der Waals surface area contributed by atoms with Gasteiger partial charge in [0.25, 0.3) is 0 Å². The van der Waals surface area contributed by atoms with Crippen LogP contribution in [0, 0.1) is 0 Å². The molecule has 0 amide bonds. The molecule has 3 rings (SSSR count). The minimum absolute atomic E-state index is 0.0941. The highest BCUT2D eigenvalue weighted by Gasteiger charge is 2.17. The minimum Gasteiger partial charge on any atom is -0.465 e. The summed E-state index contributed by atoms with van der Waals surface area (Å²) in [6, 6.07) is 26.8. The van der Waals surface area contributed by atoms with Crippen LogP contribution in [0.1, 0.15) is 29.5 Å². The van der Waals surface area contributed by atoms with Crippen LogP contribution in [-0.2, 0) is 9.53 Å². The Kier molecular flexibility index (Phi) is 6.55. The summed E-state index contributed by atoms with van der Waals surface area (Å²) in [6.45, 7) is 1.76. The van der Waals surface area contributed by atoms with Crippen LogP contribution < -0.4 is 5.73 Å². The highest BCUT2D eigenvalue weighted by atomic mass is 32.2. The van der Waals surface area contributed by atoms with Crippen LogP contribution in [0.4, 0.5) is 5.69 Å². The maximum Gasteiger partial charge on any atom is 0.302 e. The highest BCUT2D eigenvalue weighted by Crippen LogP contribution is 2.35. The van der Waals surface area contributed by atoms with Crippen molar-refractivity contribution >= 4 is 23.4 Å². The molecule has 27 heavy (non-hydrogen) atoms. The molecular weight excluding hydrogens is 354 g/mol. The zero-order chi connectivity index (χ0) is 19.1. The van der Waals surface area contributed by atoms with Gasteiger partial charge in [-0.1, -0.05) is 66.7 Å². The molecule has 137 valence electrons. The van der Waals surface area contributed by atoms with Crippen LogP contribution in [0.3, 0.4) is 0 Å². The molecule has 0 saturated carbocycles. The fraction of sp³-hybridized carbons (Fsp3) is 0.174. The SMILES string of the molecule is CC(=O)OCCSc1ccc(C(c2ccccc2)c2ccccc2)cc1[NH]. The summed E-state index contributed by atoms with van der Waals surface area (Å²) >= 11 is 1.54. The summed E-state index contributed by atoms with van der Waals surface area (Å²) in [5.74, 6) is 0.466. The van der Waals surface area contributed by atoms with Gasteiger partial charge in [0.15, 0.2) is 0 Å². The minimum atomic E-state index is -0.273. The first-order valence-electron chi connectivity index (χ1n) is 8.87. The second-order valence-electron chi connectivity index (χ2n) is 6.20. The standard InChI is InChI=1S/C23H22NO2S/c1-17(25)26-14-15-27-22-13-12-20(16-21(22)24)23(18-8-4-2-5-9-18)19-10-6-3-7-11-19/h2-13,16,23-24H,14-15H2,1H3. The zero-order valence-corrected chi connectivity index (χ0v) is 16.0. The normalized spacial score (nSPS) is 10.7. The number of hydrogen-bond donors (Lipinski definition) is 0. The van der Waals surface area contributed by atoms with Gasteiger partial charge in [0.05, 0.1) is 5.69 Å². The number of carbonyl (C=O) groups excluding carboxylic acids is 1. The van der Waals surface area contributed by atoms with Crippen molar-refractivity contribution in [3.05, 3.63) is 95.6 Å². The Labute approximate surface area is 164 Å². The third-order valence-corrected chi connectivity index (χ3v) is 5.29. The number of esters is 1. The molecule has 0 aliphatic carbocycles. The van der Waals surface area contributed by atoms with Crippen molar-refractivity contribution < 1.29 is 9.53 Å². The predicted molar refractivity (Wildman–Crippen MR) is 110 cm³/mol. The van der Waals surface area contributed by atoms with Gasteiger partial charge in [-0.25, -0.2) is 0 Å². The van der Waals surface area contributed by atoms with E-state index in [4.69, 9.17) is 10.5 Å². The van der Waals surface area contributed by atoms with Crippen LogP contribution in [0.15, 0.2) is 83.8 Å². The van der Waals surface area contributed by atoms with Gasteiger partial charge in [0.2, 0.25) is 0 Å². The lowest BCUT2D eigenvalue weighted by Gasteiger charge is -2.20. The quantitative estimate of drug-likeness (QED) is 0.239. The molecular formula is C23H22NO2S. The van der Waals surface area contributed by atoms with Gasteiger partial charge in [0, 0.05) is 23.5 Å². The van der Waals surface area contributed by atoms with Crippen LogP contribution in [0.25, 0.3) is 0 Å². The first-order valence-corrected chi connectivity index (χ1v) is 9.85. The molecule has 1 radical (unpaired) electrons. The number of rotatable bonds is 7. The Bertz CT molecular complexity index is 842. The smallest absolute Gasteiger partial charge is 0.302 e. The summed E-state index contributed by atoms with van der Waals surface area (Å²) in [6.07, 6.45) is 0. The van der Waals surface area contributed by atoms with Gasteiger partial charge >= 0.3 is 5.97 Å². The number of nitrogens with one attached hydrogen (secondary N) is 1. The van der Waals surface area contributed by atoms with Crippen molar-refractivity contribution in [2.45, 2.75) is 17.7 Å². The Balaban J connectivity index is 1.85. The van der Waals surface area contributed by atoms with E-state index in [0.717, 1.165) is 10.5 Å². The molecule has 0 atom stereocenters. The molecule has 3 aromatic rings. The Hall–Kier alpha value is -2.72. The summed E-state index contributed by atoms with van der Waals surface area (Å²) in [7, 11) is 0. The maximum absolute atomic E-state index is 10.8. The van der Waals surface area contributed by atoms with E-state index in [1.54, 1.807) is 0 Å². The van der Waals surface area contributed by atoms with Crippen molar-refractivity contribution in [2.75, 3.05) is 12.4 Å². The third kappa shape index (κ3) is 5.14. The van der Waals surface area contributed by atoms with E-state index in [-0.39, 0.29) is 11.9 Å².